The fourth-order valence-corrected chi connectivity index (χ4v) is 2.92. The molecule has 0 aliphatic carbocycles. The van der Waals surface area contributed by atoms with Gasteiger partial charge in [0.25, 0.3) is 0 Å². The number of aliphatic imine (C=N–C) groups is 1. The van der Waals surface area contributed by atoms with Crippen LogP contribution in [0.3, 0.4) is 0 Å². The topological polar surface area (TPSA) is 81.5 Å². The van der Waals surface area contributed by atoms with Gasteiger partial charge in [-0.15, -0.1) is 0 Å². The molecule has 0 aromatic heterocycles. The van der Waals surface area contributed by atoms with Gasteiger partial charge in [-0.25, -0.2) is 4.39 Å². The van der Waals surface area contributed by atoms with Gasteiger partial charge in [-0.05, 0) is 25.1 Å². The van der Waals surface area contributed by atoms with Gasteiger partial charge in [0.2, 0.25) is 0 Å². The monoisotopic (exact) mass is 299 g/mol. The van der Waals surface area contributed by atoms with Gasteiger partial charge in [0, 0.05) is 22.1 Å². The van der Waals surface area contributed by atoms with Gasteiger partial charge in [0.1, 0.15) is 11.7 Å². The zero-order valence-corrected chi connectivity index (χ0v) is 12.9. The molecular weight excluding hydrogens is 277 g/mol. The molecule has 4 nitrogen and oxygen atoms in total. The molecular formula is C14H22FN3OS. The van der Waals surface area contributed by atoms with E-state index in [-0.39, 0.29) is 11.0 Å². The van der Waals surface area contributed by atoms with Crippen molar-refractivity contribution in [3.8, 4) is 0 Å². The fourth-order valence-electron chi connectivity index (χ4n) is 1.73. The zero-order chi connectivity index (χ0) is 15.3. The van der Waals surface area contributed by atoms with Crippen LogP contribution in [-0.4, -0.2) is 21.0 Å². The van der Waals surface area contributed by atoms with E-state index in [2.05, 4.69) is 18.8 Å². The van der Waals surface area contributed by atoms with Crippen LogP contribution in [0.25, 0.3) is 0 Å². The number of nitrogens with zero attached hydrogens (tertiary/aromatic N) is 1. The first-order chi connectivity index (χ1) is 9.40. The van der Waals surface area contributed by atoms with Crippen LogP contribution in [0.5, 0.6) is 0 Å². The summed E-state index contributed by atoms with van der Waals surface area (Å²) in [7, 11) is -1.12. The Bertz CT molecular complexity index is 519. The molecule has 1 aliphatic rings. The predicted octanol–water partition coefficient (Wildman–Crippen LogP) is 2.37. The Balaban J connectivity index is 0.000000612. The molecule has 3 atom stereocenters. The highest BCUT2D eigenvalue weighted by Gasteiger charge is 2.28. The Labute approximate surface area is 121 Å². The largest absolute Gasteiger partial charge is 0.399 e. The van der Waals surface area contributed by atoms with E-state index >= 15 is 0 Å². The molecule has 3 unspecified atom stereocenters. The molecule has 6 heteroatoms. The van der Waals surface area contributed by atoms with E-state index in [1.54, 1.807) is 6.92 Å². The van der Waals surface area contributed by atoms with Crippen molar-refractivity contribution in [3.05, 3.63) is 29.6 Å². The Kier molecular flexibility index (Phi) is 6.13. The molecule has 0 amide bonds. The van der Waals surface area contributed by atoms with Crippen LogP contribution in [0, 0.1) is 5.82 Å². The molecule has 1 aliphatic heterocycles. The van der Waals surface area contributed by atoms with Crippen molar-refractivity contribution in [2.75, 3.05) is 11.5 Å². The van der Waals surface area contributed by atoms with E-state index in [4.69, 9.17) is 11.5 Å². The summed E-state index contributed by atoms with van der Waals surface area (Å²) in [6.07, 6.45) is 1.25. The maximum Gasteiger partial charge on any atom is 0.128 e. The number of amidine groups is 1. The average molecular weight is 299 g/mol. The molecule has 1 aromatic carbocycles. The number of halogens is 1. The number of rotatable bonds is 1. The highest BCUT2D eigenvalue weighted by Crippen LogP contribution is 2.27. The van der Waals surface area contributed by atoms with E-state index in [1.165, 1.54) is 24.6 Å². The Morgan fingerprint density at radius 2 is 2.00 bits per heavy atom. The molecule has 0 spiro atoms. The zero-order valence-electron chi connectivity index (χ0n) is 12.1. The van der Waals surface area contributed by atoms with E-state index in [9.17, 15) is 8.60 Å². The van der Waals surface area contributed by atoms with E-state index < -0.39 is 22.7 Å². The third-order valence-electron chi connectivity index (χ3n) is 2.82. The molecule has 112 valence electrons. The van der Waals surface area contributed by atoms with Gasteiger partial charge in [0.15, 0.2) is 0 Å². The van der Waals surface area contributed by atoms with Crippen LogP contribution >= 0.6 is 0 Å². The lowest BCUT2D eigenvalue weighted by Crippen LogP contribution is -2.37. The highest BCUT2D eigenvalue weighted by atomic mass is 32.2. The molecule has 0 fully saturated rings. The van der Waals surface area contributed by atoms with Gasteiger partial charge in [0.05, 0.1) is 17.0 Å². The number of nitrogens with two attached hydrogens (primary N) is 2. The van der Waals surface area contributed by atoms with Crippen molar-refractivity contribution in [2.24, 2.45) is 10.7 Å². The second-order valence-corrected chi connectivity index (χ2v) is 6.55. The smallest absolute Gasteiger partial charge is 0.128 e. The SMILES string of the molecule is CC1C(N)=NC(c2cc(N)ccc2F)CS1=O.CCC. The highest BCUT2D eigenvalue weighted by molar-refractivity contribution is 7.86. The summed E-state index contributed by atoms with van der Waals surface area (Å²) in [6.45, 7) is 6.00. The molecule has 1 heterocycles. The number of anilines is 1. The third-order valence-corrected chi connectivity index (χ3v) is 4.49. The van der Waals surface area contributed by atoms with E-state index in [0.29, 0.717) is 17.1 Å². The number of hydrogen-bond acceptors (Lipinski definition) is 4. The Morgan fingerprint density at radius 3 is 2.55 bits per heavy atom. The number of benzene rings is 1. The van der Waals surface area contributed by atoms with Gasteiger partial charge in [-0.1, -0.05) is 20.3 Å². The minimum absolute atomic E-state index is 0.268. The lowest BCUT2D eigenvalue weighted by atomic mass is 10.1. The summed E-state index contributed by atoms with van der Waals surface area (Å²) in [5.41, 5.74) is 12.1. The molecule has 20 heavy (non-hydrogen) atoms. The van der Waals surface area contributed by atoms with Crippen LogP contribution in [0.1, 0.15) is 38.8 Å². The maximum absolute atomic E-state index is 13.6. The van der Waals surface area contributed by atoms with Crippen molar-refractivity contribution in [2.45, 2.75) is 38.5 Å². The van der Waals surface area contributed by atoms with Crippen LogP contribution < -0.4 is 11.5 Å². The maximum atomic E-state index is 13.6. The van der Waals surface area contributed by atoms with Gasteiger partial charge >= 0.3 is 0 Å². The third kappa shape index (κ3) is 4.03. The fraction of sp³-hybridized carbons (Fsp3) is 0.500. The van der Waals surface area contributed by atoms with Crippen molar-refractivity contribution in [1.29, 1.82) is 0 Å². The molecule has 0 saturated heterocycles. The predicted molar refractivity (Wildman–Crippen MR) is 83.6 cm³/mol. The summed E-state index contributed by atoms with van der Waals surface area (Å²) in [5.74, 6) is 0.191. The molecule has 0 saturated carbocycles. The number of nitrogen functional groups attached to an aromatic ring is 1. The molecule has 0 bridgehead atoms. The Morgan fingerprint density at radius 1 is 1.40 bits per heavy atom. The van der Waals surface area contributed by atoms with Crippen LogP contribution in [0.4, 0.5) is 10.1 Å². The first kappa shape index (κ1) is 16.6. The van der Waals surface area contributed by atoms with Crippen LogP contribution in [-0.2, 0) is 10.8 Å². The summed E-state index contributed by atoms with van der Waals surface area (Å²) in [4.78, 5) is 4.19. The lowest BCUT2D eigenvalue weighted by molar-refractivity contribution is 0.591. The molecule has 2 rings (SSSR count). The summed E-state index contributed by atoms with van der Waals surface area (Å²) in [6, 6.07) is 3.78. The van der Waals surface area contributed by atoms with Gasteiger partial charge < -0.3 is 11.5 Å². The Hall–Kier alpha value is -1.43. The number of hydrogen-bond donors (Lipinski definition) is 2. The van der Waals surface area contributed by atoms with Crippen LogP contribution in [0.2, 0.25) is 0 Å². The van der Waals surface area contributed by atoms with Crippen molar-refractivity contribution >= 4 is 22.3 Å². The standard InChI is InChI=1S/C11H14FN3OS.C3H8/c1-6-11(14)15-10(5-17(6)16)8-4-7(13)2-3-9(8)12;1-3-2/h2-4,6,10H,5,13H2,1H3,(H2,14,15);3H2,1-2H3. The van der Waals surface area contributed by atoms with Gasteiger partial charge in [-0.3, -0.25) is 9.20 Å². The minimum atomic E-state index is -1.12. The van der Waals surface area contributed by atoms with Crippen molar-refractivity contribution in [1.82, 2.24) is 0 Å². The summed E-state index contributed by atoms with van der Waals surface area (Å²) < 4.78 is 25.4. The summed E-state index contributed by atoms with van der Waals surface area (Å²) in [5, 5.41) is -0.268. The molecule has 4 N–H and O–H groups in total. The first-order valence-electron chi connectivity index (χ1n) is 6.65. The normalized spacial score (nSPS) is 25.4. The van der Waals surface area contributed by atoms with Gasteiger partial charge in [-0.2, -0.15) is 0 Å². The van der Waals surface area contributed by atoms with E-state index in [0.717, 1.165) is 0 Å². The second-order valence-electron chi connectivity index (χ2n) is 4.75. The second kappa shape index (κ2) is 7.38. The van der Waals surface area contributed by atoms with Crippen molar-refractivity contribution in [3.63, 3.8) is 0 Å². The molecule has 0 radical (unpaired) electrons. The lowest BCUT2D eigenvalue weighted by Gasteiger charge is -2.23. The minimum Gasteiger partial charge on any atom is -0.399 e. The first-order valence-corrected chi connectivity index (χ1v) is 8.04. The van der Waals surface area contributed by atoms with Crippen molar-refractivity contribution < 1.29 is 8.60 Å². The summed E-state index contributed by atoms with van der Waals surface area (Å²) >= 11 is 0. The average Bonchev–Trinajstić information content (AvgIpc) is 2.39. The quantitative estimate of drug-likeness (QED) is 0.781. The molecule has 1 aromatic rings. The van der Waals surface area contributed by atoms with E-state index in [1.807, 2.05) is 0 Å². The van der Waals surface area contributed by atoms with Crippen LogP contribution in [0.15, 0.2) is 23.2 Å².